The summed E-state index contributed by atoms with van der Waals surface area (Å²) >= 11 is 6.23. The molecule has 1 aromatic heterocycles. The number of hydrogen-bond donors (Lipinski definition) is 0. The molecule has 2 saturated heterocycles. The van der Waals surface area contributed by atoms with Crippen molar-refractivity contribution in [2.45, 2.75) is 63.6 Å². The monoisotopic (exact) mass is 308 g/mol. The topological polar surface area (TPSA) is 42.4 Å². The molecule has 114 valence electrons. The quantitative estimate of drug-likeness (QED) is 0.737. The zero-order valence-electron chi connectivity index (χ0n) is 12.7. The Hall–Kier alpha value is -1.29. The molecule has 3 rings (SSSR count). The Kier molecular flexibility index (Phi) is 3.60. The van der Waals surface area contributed by atoms with Crippen LogP contribution in [0.3, 0.4) is 0 Å². The minimum atomic E-state index is -0.458. The average Bonchev–Trinajstić information content (AvgIpc) is 2.94. The van der Waals surface area contributed by atoms with Crippen LogP contribution >= 0.6 is 11.6 Å². The van der Waals surface area contributed by atoms with Gasteiger partial charge >= 0.3 is 6.09 Å². The molecular formula is C16H21ClN2O2. The molecule has 3 unspecified atom stereocenters. The molecule has 0 radical (unpaired) electrons. The van der Waals surface area contributed by atoms with Crippen LogP contribution in [0.1, 0.15) is 51.5 Å². The third-order valence-corrected chi connectivity index (χ3v) is 4.64. The molecule has 2 aliphatic heterocycles. The Bertz CT molecular complexity index is 555. The van der Waals surface area contributed by atoms with Crippen LogP contribution in [0.4, 0.5) is 4.79 Å². The van der Waals surface area contributed by atoms with Gasteiger partial charge in [-0.25, -0.2) is 9.78 Å². The molecule has 0 N–H and O–H groups in total. The molecule has 0 saturated carbocycles. The maximum absolute atomic E-state index is 12.4. The van der Waals surface area contributed by atoms with Crippen LogP contribution in [0.15, 0.2) is 18.3 Å². The van der Waals surface area contributed by atoms with Crippen LogP contribution < -0.4 is 0 Å². The molecule has 0 aliphatic carbocycles. The predicted octanol–water partition coefficient (Wildman–Crippen LogP) is 3.99. The van der Waals surface area contributed by atoms with Gasteiger partial charge in [0, 0.05) is 24.2 Å². The van der Waals surface area contributed by atoms with Gasteiger partial charge in [0.15, 0.2) is 0 Å². The average molecular weight is 309 g/mol. The van der Waals surface area contributed by atoms with Crippen LogP contribution in [0, 0.1) is 0 Å². The Morgan fingerprint density at radius 2 is 2.19 bits per heavy atom. The molecule has 0 aromatic carbocycles. The van der Waals surface area contributed by atoms with Crippen molar-refractivity contribution in [1.82, 2.24) is 9.88 Å². The van der Waals surface area contributed by atoms with E-state index >= 15 is 0 Å². The molecule has 0 spiro atoms. The van der Waals surface area contributed by atoms with Gasteiger partial charge in [0.05, 0.1) is 0 Å². The highest BCUT2D eigenvalue weighted by Crippen LogP contribution is 2.48. The van der Waals surface area contributed by atoms with Gasteiger partial charge in [0.2, 0.25) is 0 Å². The molecule has 2 aliphatic rings. The molecule has 1 amide bonds. The van der Waals surface area contributed by atoms with E-state index in [4.69, 9.17) is 16.3 Å². The highest BCUT2D eigenvalue weighted by molar-refractivity contribution is 6.30. The summed E-state index contributed by atoms with van der Waals surface area (Å²) in [5, 5.41) is 0.555. The summed E-state index contributed by atoms with van der Waals surface area (Å²) in [4.78, 5) is 18.5. The van der Waals surface area contributed by atoms with Crippen LogP contribution in [0.25, 0.3) is 0 Å². The van der Waals surface area contributed by atoms with E-state index in [9.17, 15) is 4.79 Å². The second-order valence-corrected chi connectivity index (χ2v) is 7.27. The number of hydrogen-bond acceptors (Lipinski definition) is 3. The Labute approximate surface area is 130 Å². The van der Waals surface area contributed by atoms with E-state index in [1.54, 1.807) is 6.20 Å². The molecule has 2 bridgehead atoms. The number of fused-ring (bicyclic) bond motifs is 2. The van der Waals surface area contributed by atoms with Gasteiger partial charge in [-0.15, -0.1) is 0 Å². The maximum Gasteiger partial charge on any atom is 0.410 e. The predicted molar refractivity (Wildman–Crippen MR) is 81.5 cm³/mol. The first-order valence-corrected chi connectivity index (χ1v) is 7.86. The van der Waals surface area contributed by atoms with Crippen molar-refractivity contribution in [2.75, 3.05) is 0 Å². The first kappa shape index (κ1) is 14.6. The number of aromatic nitrogens is 1. The third kappa shape index (κ3) is 2.73. The summed E-state index contributed by atoms with van der Waals surface area (Å²) in [6.07, 6.45) is 4.52. The fraction of sp³-hybridized carbons (Fsp3) is 0.625. The van der Waals surface area contributed by atoms with Crippen molar-refractivity contribution < 1.29 is 9.53 Å². The number of carbonyl (C=O) groups excluding carboxylic acids is 1. The summed E-state index contributed by atoms with van der Waals surface area (Å²) < 4.78 is 5.56. The van der Waals surface area contributed by atoms with E-state index in [2.05, 4.69) is 4.98 Å². The molecule has 21 heavy (non-hydrogen) atoms. The maximum atomic E-state index is 12.4. The lowest BCUT2D eigenvalue weighted by Crippen LogP contribution is -2.40. The SMILES string of the molecule is CC(C)(C)OC(=O)N1C2CCC1C(c1cccnc1Cl)C2. The normalized spacial score (nSPS) is 28.0. The van der Waals surface area contributed by atoms with Crippen LogP contribution in [0.5, 0.6) is 0 Å². The summed E-state index contributed by atoms with van der Waals surface area (Å²) in [5.41, 5.74) is 0.598. The van der Waals surface area contributed by atoms with Crippen molar-refractivity contribution in [2.24, 2.45) is 0 Å². The van der Waals surface area contributed by atoms with Gasteiger partial charge in [0.1, 0.15) is 10.8 Å². The summed E-state index contributed by atoms with van der Waals surface area (Å²) in [6, 6.07) is 4.39. The smallest absolute Gasteiger partial charge is 0.410 e. The van der Waals surface area contributed by atoms with E-state index in [0.717, 1.165) is 24.8 Å². The molecule has 4 nitrogen and oxygen atoms in total. The van der Waals surface area contributed by atoms with E-state index < -0.39 is 5.60 Å². The third-order valence-electron chi connectivity index (χ3n) is 4.33. The number of rotatable bonds is 1. The van der Waals surface area contributed by atoms with E-state index in [0.29, 0.717) is 5.15 Å². The lowest BCUT2D eigenvalue weighted by atomic mass is 9.84. The highest BCUT2D eigenvalue weighted by atomic mass is 35.5. The Balaban J connectivity index is 1.81. The van der Waals surface area contributed by atoms with Crippen molar-refractivity contribution in [3.05, 3.63) is 29.0 Å². The lowest BCUT2D eigenvalue weighted by molar-refractivity contribution is 0.0213. The van der Waals surface area contributed by atoms with Crippen LogP contribution in [0.2, 0.25) is 5.15 Å². The highest BCUT2D eigenvalue weighted by Gasteiger charge is 2.50. The zero-order chi connectivity index (χ0) is 15.2. The molecular weight excluding hydrogens is 288 g/mol. The van der Waals surface area contributed by atoms with Gasteiger partial charge in [-0.1, -0.05) is 17.7 Å². The Morgan fingerprint density at radius 3 is 2.86 bits per heavy atom. The minimum Gasteiger partial charge on any atom is -0.444 e. The van der Waals surface area contributed by atoms with Crippen molar-refractivity contribution in [3.8, 4) is 0 Å². The number of carbonyl (C=O) groups is 1. The van der Waals surface area contributed by atoms with Crippen LogP contribution in [-0.4, -0.2) is 33.7 Å². The molecule has 3 atom stereocenters. The standard InChI is InChI=1S/C16H21ClN2O2/c1-16(2,3)21-15(20)19-10-6-7-13(19)12(9-10)11-5-4-8-18-14(11)17/h4-5,8,10,12-13H,6-7,9H2,1-3H3. The van der Waals surface area contributed by atoms with Gasteiger partial charge < -0.3 is 9.64 Å². The second-order valence-electron chi connectivity index (χ2n) is 6.91. The van der Waals surface area contributed by atoms with E-state index in [1.807, 2.05) is 37.8 Å². The zero-order valence-corrected chi connectivity index (χ0v) is 13.4. The first-order valence-electron chi connectivity index (χ1n) is 7.48. The molecule has 1 aromatic rings. The molecule has 2 fully saturated rings. The lowest BCUT2D eigenvalue weighted by Gasteiger charge is -2.28. The molecule has 5 heteroatoms. The summed E-state index contributed by atoms with van der Waals surface area (Å²) in [5.74, 6) is 0.275. The largest absolute Gasteiger partial charge is 0.444 e. The minimum absolute atomic E-state index is 0.187. The number of ether oxygens (including phenoxy) is 1. The van der Waals surface area contributed by atoms with E-state index in [-0.39, 0.29) is 24.1 Å². The first-order chi connectivity index (χ1) is 9.87. The summed E-state index contributed by atoms with van der Waals surface area (Å²) in [6.45, 7) is 5.70. The van der Waals surface area contributed by atoms with Gasteiger partial charge in [-0.05, 0) is 51.7 Å². The van der Waals surface area contributed by atoms with Gasteiger partial charge in [-0.3, -0.25) is 0 Å². The number of halogens is 1. The molecule has 3 heterocycles. The van der Waals surface area contributed by atoms with Crippen molar-refractivity contribution in [1.29, 1.82) is 0 Å². The number of nitrogens with zero attached hydrogens (tertiary/aromatic N) is 2. The van der Waals surface area contributed by atoms with Crippen LogP contribution in [-0.2, 0) is 4.74 Å². The number of pyridine rings is 1. The summed E-state index contributed by atoms with van der Waals surface area (Å²) in [7, 11) is 0. The fourth-order valence-electron chi connectivity index (χ4n) is 3.60. The number of amides is 1. The van der Waals surface area contributed by atoms with Gasteiger partial charge in [0.25, 0.3) is 0 Å². The second kappa shape index (κ2) is 5.16. The van der Waals surface area contributed by atoms with Crippen molar-refractivity contribution >= 4 is 17.7 Å². The van der Waals surface area contributed by atoms with E-state index in [1.165, 1.54) is 0 Å². The van der Waals surface area contributed by atoms with Crippen molar-refractivity contribution in [3.63, 3.8) is 0 Å². The Morgan fingerprint density at radius 1 is 1.43 bits per heavy atom. The fourth-order valence-corrected chi connectivity index (χ4v) is 3.86. The van der Waals surface area contributed by atoms with Gasteiger partial charge in [-0.2, -0.15) is 0 Å².